The van der Waals surface area contributed by atoms with Crippen LogP contribution in [0.3, 0.4) is 0 Å². The number of hydrogen-bond donors (Lipinski definition) is 0. The zero-order valence-electron chi connectivity index (χ0n) is 10.4. The van der Waals surface area contributed by atoms with E-state index in [2.05, 4.69) is 29.5 Å². The van der Waals surface area contributed by atoms with Crippen LogP contribution < -0.4 is 0 Å². The van der Waals surface area contributed by atoms with Gasteiger partial charge in [0.1, 0.15) is 4.88 Å². The maximum Gasteiger partial charge on any atom is 0.202 e. The van der Waals surface area contributed by atoms with Gasteiger partial charge in [0.15, 0.2) is 0 Å². The Morgan fingerprint density at radius 2 is 2.18 bits per heavy atom. The summed E-state index contributed by atoms with van der Waals surface area (Å²) in [6.45, 7) is 4.10. The number of allylic oxidation sites excluding steroid dienone is 2. The van der Waals surface area contributed by atoms with E-state index in [0.29, 0.717) is 0 Å². The topological polar surface area (TPSA) is 42.9 Å². The number of aromatic nitrogens is 2. The van der Waals surface area contributed by atoms with Crippen LogP contribution in [0.15, 0.2) is 11.6 Å². The Morgan fingerprint density at radius 3 is 2.94 bits per heavy atom. The average Bonchev–Trinajstić information content (AvgIpc) is 2.64. The van der Waals surface area contributed by atoms with Crippen LogP contribution in [0.5, 0.6) is 0 Å². The largest absolute Gasteiger partial charge is 0.288 e. The van der Waals surface area contributed by atoms with Crippen LogP contribution in [0.2, 0.25) is 0 Å². The van der Waals surface area contributed by atoms with Crippen molar-refractivity contribution >= 4 is 17.3 Å². The van der Waals surface area contributed by atoms with Crippen LogP contribution in [-0.2, 0) is 0 Å². The van der Waals surface area contributed by atoms with E-state index in [9.17, 15) is 4.79 Å². The van der Waals surface area contributed by atoms with Crippen LogP contribution in [0.25, 0.3) is 0 Å². The Morgan fingerprint density at radius 1 is 1.35 bits per heavy atom. The Labute approximate surface area is 106 Å². The fourth-order valence-electron chi connectivity index (χ4n) is 2.10. The molecule has 0 aliphatic heterocycles. The molecular weight excluding hydrogens is 232 g/mol. The second kappa shape index (κ2) is 5.54. The van der Waals surface area contributed by atoms with Crippen LogP contribution in [0, 0.1) is 0 Å². The van der Waals surface area contributed by atoms with Crippen molar-refractivity contribution in [3.05, 3.63) is 22.2 Å². The molecule has 0 unspecified atom stereocenters. The fraction of sp³-hybridized carbons (Fsp3) is 0.615. The third kappa shape index (κ3) is 2.80. The molecule has 0 fully saturated rings. The third-order valence-electron chi connectivity index (χ3n) is 3.10. The number of hydrogen-bond acceptors (Lipinski definition) is 4. The molecule has 0 saturated carbocycles. The summed E-state index contributed by atoms with van der Waals surface area (Å²) in [5.74, 6) is 0.421. The summed E-state index contributed by atoms with van der Waals surface area (Å²) in [6.07, 6.45) is 7.61. The van der Waals surface area contributed by atoms with E-state index < -0.39 is 0 Å². The van der Waals surface area contributed by atoms with E-state index in [4.69, 9.17) is 0 Å². The second-order valence-corrected chi connectivity index (χ2v) is 5.55. The highest BCUT2D eigenvalue weighted by Crippen LogP contribution is 2.26. The van der Waals surface area contributed by atoms with Gasteiger partial charge in [0.25, 0.3) is 0 Å². The zero-order valence-corrected chi connectivity index (χ0v) is 11.2. The van der Waals surface area contributed by atoms with E-state index in [-0.39, 0.29) is 11.7 Å². The molecule has 0 atom stereocenters. The monoisotopic (exact) mass is 250 g/mol. The summed E-state index contributed by atoms with van der Waals surface area (Å²) < 4.78 is 3.93. The van der Waals surface area contributed by atoms with Gasteiger partial charge in [-0.05, 0) is 48.7 Å². The van der Waals surface area contributed by atoms with Crippen molar-refractivity contribution in [1.29, 1.82) is 0 Å². The number of ketones is 1. The molecule has 1 aromatic heterocycles. The van der Waals surface area contributed by atoms with Crippen LogP contribution in [0.4, 0.5) is 0 Å². The molecule has 0 radical (unpaired) electrons. The minimum atomic E-state index is 0.158. The van der Waals surface area contributed by atoms with Crippen LogP contribution in [-0.4, -0.2) is 15.4 Å². The summed E-state index contributed by atoms with van der Waals surface area (Å²) in [5.41, 5.74) is 1.82. The molecule has 0 N–H and O–H groups in total. The maximum atomic E-state index is 12.4. The molecule has 1 aromatic rings. The molecule has 0 saturated heterocycles. The SMILES string of the molecule is CC(C)c1nnsc1C(=O)C1=CCCCCC1. The Bertz CT molecular complexity index is 434. The molecule has 1 aliphatic carbocycles. The first kappa shape index (κ1) is 12.4. The molecule has 17 heavy (non-hydrogen) atoms. The van der Waals surface area contributed by atoms with Crippen molar-refractivity contribution < 1.29 is 4.79 Å². The third-order valence-corrected chi connectivity index (χ3v) is 3.84. The minimum absolute atomic E-state index is 0.158. The van der Waals surface area contributed by atoms with Crippen molar-refractivity contribution in [2.45, 2.75) is 51.9 Å². The van der Waals surface area contributed by atoms with E-state index in [1.807, 2.05) is 0 Å². The fourth-order valence-corrected chi connectivity index (χ4v) is 2.89. The molecular formula is C13H18N2OS. The van der Waals surface area contributed by atoms with Crippen molar-refractivity contribution in [2.75, 3.05) is 0 Å². The molecule has 92 valence electrons. The van der Waals surface area contributed by atoms with Gasteiger partial charge in [0.2, 0.25) is 5.78 Å². The highest BCUT2D eigenvalue weighted by molar-refractivity contribution is 7.08. The number of carbonyl (C=O) groups is 1. The van der Waals surface area contributed by atoms with Gasteiger partial charge < -0.3 is 0 Å². The summed E-state index contributed by atoms with van der Waals surface area (Å²) in [6, 6.07) is 0. The summed E-state index contributed by atoms with van der Waals surface area (Å²) in [4.78, 5) is 13.1. The number of carbonyl (C=O) groups excluding carboxylic acids is 1. The van der Waals surface area contributed by atoms with Crippen LogP contribution in [0.1, 0.15) is 67.2 Å². The lowest BCUT2D eigenvalue weighted by atomic mass is 10.0. The van der Waals surface area contributed by atoms with Gasteiger partial charge in [-0.25, -0.2) is 0 Å². The maximum absolute atomic E-state index is 12.4. The zero-order chi connectivity index (χ0) is 12.3. The molecule has 1 heterocycles. The highest BCUT2D eigenvalue weighted by atomic mass is 32.1. The summed E-state index contributed by atoms with van der Waals surface area (Å²) in [5, 5.41) is 4.08. The lowest BCUT2D eigenvalue weighted by Crippen LogP contribution is -2.05. The van der Waals surface area contributed by atoms with Crippen molar-refractivity contribution in [1.82, 2.24) is 9.59 Å². The van der Waals surface area contributed by atoms with Crippen LogP contribution >= 0.6 is 11.5 Å². The van der Waals surface area contributed by atoms with Gasteiger partial charge in [0, 0.05) is 0 Å². The van der Waals surface area contributed by atoms with Gasteiger partial charge >= 0.3 is 0 Å². The molecule has 0 amide bonds. The molecule has 0 aromatic carbocycles. The van der Waals surface area contributed by atoms with Gasteiger partial charge in [0.05, 0.1) is 5.69 Å². The number of rotatable bonds is 3. The van der Waals surface area contributed by atoms with E-state index in [1.165, 1.54) is 24.4 Å². The first-order valence-corrected chi connectivity index (χ1v) is 7.03. The number of Topliss-reactive ketones (excluding diaryl/α,β-unsaturated/α-hetero) is 1. The normalized spacial score (nSPS) is 16.8. The second-order valence-electron chi connectivity index (χ2n) is 4.80. The standard InChI is InChI=1S/C13H18N2OS/c1-9(2)11-13(17-15-14-11)12(16)10-7-5-3-4-6-8-10/h7,9H,3-6,8H2,1-2H3. The van der Waals surface area contributed by atoms with Gasteiger partial charge in [-0.2, -0.15) is 0 Å². The predicted molar refractivity (Wildman–Crippen MR) is 69.5 cm³/mol. The van der Waals surface area contributed by atoms with Gasteiger partial charge in [-0.3, -0.25) is 4.79 Å². The van der Waals surface area contributed by atoms with E-state index in [0.717, 1.165) is 35.4 Å². The molecule has 2 rings (SSSR count). The van der Waals surface area contributed by atoms with Crippen molar-refractivity contribution in [2.24, 2.45) is 0 Å². The Hall–Kier alpha value is -1.03. The number of nitrogens with zero attached hydrogens (tertiary/aromatic N) is 2. The molecule has 0 bridgehead atoms. The molecule has 4 heteroatoms. The molecule has 1 aliphatic rings. The highest BCUT2D eigenvalue weighted by Gasteiger charge is 2.21. The lowest BCUT2D eigenvalue weighted by molar-refractivity contribution is 0.103. The smallest absolute Gasteiger partial charge is 0.202 e. The predicted octanol–water partition coefficient (Wildman–Crippen LogP) is 3.73. The Kier molecular flexibility index (Phi) is 4.05. The quantitative estimate of drug-likeness (QED) is 0.768. The van der Waals surface area contributed by atoms with Gasteiger partial charge in [-0.15, -0.1) is 5.10 Å². The van der Waals surface area contributed by atoms with Gasteiger partial charge in [-0.1, -0.05) is 30.8 Å². The van der Waals surface area contributed by atoms with Crippen molar-refractivity contribution in [3.63, 3.8) is 0 Å². The lowest BCUT2D eigenvalue weighted by Gasteiger charge is -2.05. The van der Waals surface area contributed by atoms with E-state index in [1.54, 1.807) is 0 Å². The average molecular weight is 250 g/mol. The molecule has 3 nitrogen and oxygen atoms in total. The summed E-state index contributed by atoms with van der Waals surface area (Å²) >= 11 is 1.23. The first-order chi connectivity index (χ1) is 8.20. The van der Waals surface area contributed by atoms with Crippen molar-refractivity contribution in [3.8, 4) is 0 Å². The first-order valence-electron chi connectivity index (χ1n) is 6.26. The Balaban J connectivity index is 2.24. The molecule has 0 spiro atoms. The minimum Gasteiger partial charge on any atom is -0.288 e. The summed E-state index contributed by atoms with van der Waals surface area (Å²) in [7, 11) is 0. The van der Waals surface area contributed by atoms with E-state index >= 15 is 0 Å².